The summed E-state index contributed by atoms with van der Waals surface area (Å²) in [5.74, 6) is -0.973. The zero-order valence-electron chi connectivity index (χ0n) is 10.5. The van der Waals surface area contributed by atoms with Crippen LogP contribution in [0, 0.1) is 0 Å². The Morgan fingerprint density at radius 2 is 2.06 bits per heavy atom. The molecule has 1 atom stereocenters. The van der Waals surface area contributed by atoms with Gasteiger partial charge < -0.3 is 9.47 Å². The van der Waals surface area contributed by atoms with E-state index in [4.69, 9.17) is 9.47 Å². The van der Waals surface area contributed by atoms with E-state index in [1.165, 1.54) is 0 Å². The zero-order chi connectivity index (χ0) is 13.3. The smallest absolute Gasteiger partial charge is 0.333 e. The summed E-state index contributed by atoms with van der Waals surface area (Å²) in [6.45, 7) is 10.5. The number of hydrogen-bond donors (Lipinski definition) is 0. The van der Waals surface area contributed by atoms with E-state index >= 15 is 0 Å². The fourth-order valence-corrected chi connectivity index (χ4v) is 1.11. The lowest BCUT2D eigenvalue weighted by molar-refractivity contribution is -0.153. The van der Waals surface area contributed by atoms with Crippen LogP contribution >= 0.6 is 0 Å². The average molecular weight is 240 g/mol. The lowest BCUT2D eigenvalue weighted by Crippen LogP contribution is -2.24. The fraction of sp³-hybridized carbons (Fsp3) is 0.538. The van der Waals surface area contributed by atoms with E-state index in [-0.39, 0.29) is 6.61 Å². The zero-order valence-corrected chi connectivity index (χ0v) is 10.5. The van der Waals surface area contributed by atoms with Gasteiger partial charge in [-0.3, -0.25) is 0 Å². The van der Waals surface area contributed by atoms with Gasteiger partial charge in [-0.15, -0.1) is 0 Å². The van der Waals surface area contributed by atoms with E-state index in [0.717, 1.165) is 18.9 Å². The van der Waals surface area contributed by atoms with Crippen molar-refractivity contribution >= 4 is 11.9 Å². The fourth-order valence-electron chi connectivity index (χ4n) is 1.11. The maximum absolute atomic E-state index is 11.2. The summed E-state index contributed by atoms with van der Waals surface area (Å²) in [7, 11) is 0. The molecule has 0 saturated carbocycles. The quantitative estimate of drug-likeness (QED) is 0.483. The number of rotatable bonds is 8. The first kappa shape index (κ1) is 15.4. The van der Waals surface area contributed by atoms with Gasteiger partial charge in [0.15, 0.2) is 0 Å². The standard InChI is InChI=1S/C13H20O4/c1-5-7-8-11(17-12(14)6-2)9-16-13(15)10(3)4/h6,11H,2-3,5,7-9H2,1,4H3. The first-order valence-electron chi connectivity index (χ1n) is 5.66. The minimum atomic E-state index is -0.502. The Hall–Kier alpha value is -1.58. The summed E-state index contributed by atoms with van der Waals surface area (Å²) in [6.07, 6.45) is 3.23. The molecule has 0 aromatic carbocycles. The molecule has 0 fully saturated rings. The van der Waals surface area contributed by atoms with Crippen LogP contribution in [0.5, 0.6) is 0 Å². The molecule has 0 aromatic heterocycles. The van der Waals surface area contributed by atoms with E-state index in [1.807, 2.05) is 6.92 Å². The number of carbonyl (C=O) groups is 2. The second kappa shape index (κ2) is 8.56. The van der Waals surface area contributed by atoms with Crippen LogP contribution < -0.4 is 0 Å². The number of ether oxygens (including phenoxy) is 2. The van der Waals surface area contributed by atoms with Gasteiger partial charge in [0.1, 0.15) is 12.7 Å². The molecule has 4 heteroatoms. The molecule has 0 spiro atoms. The molecule has 17 heavy (non-hydrogen) atoms. The third kappa shape index (κ3) is 7.33. The molecule has 0 saturated heterocycles. The molecule has 0 aliphatic carbocycles. The van der Waals surface area contributed by atoms with Crippen molar-refractivity contribution in [3.05, 3.63) is 24.8 Å². The van der Waals surface area contributed by atoms with Crippen molar-refractivity contribution in [2.24, 2.45) is 0 Å². The van der Waals surface area contributed by atoms with Gasteiger partial charge in [-0.1, -0.05) is 26.5 Å². The van der Waals surface area contributed by atoms with Crippen molar-refractivity contribution in [2.45, 2.75) is 39.2 Å². The normalized spacial score (nSPS) is 11.4. The molecule has 0 rings (SSSR count). The summed E-state index contributed by atoms with van der Waals surface area (Å²) in [4.78, 5) is 22.3. The maximum atomic E-state index is 11.2. The molecular formula is C13H20O4. The molecule has 0 aliphatic heterocycles. The highest BCUT2D eigenvalue weighted by Crippen LogP contribution is 2.07. The van der Waals surface area contributed by atoms with Crippen molar-refractivity contribution in [2.75, 3.05) is 6.61 Å². The van der Waals surface area contributed by atoms with Crippen molar-refractivity contribution < 1.29 is 19.1 Å². The summed E-state index contributed by atoms with van der Waals surface area (Å²) < 4.78 is 10.0. The van der Waals surface area contributed by atoms with Gasteiger partial charge >= 0.3 is 11.9 Å². The highest BCUT2D eigenvalue weighted by Gasteiger charge is 2.15. The molecule has 0 radical (unpaired) electrons. The van der Waals surface area contributed by atoms with E-state index in [0.29, 0.717) is 12.0 Å². The van der Waals surface area contributed by atoms with Crippen LogP contribution in [-0.2, 0) is 19.1 Å². The molecule has 4 nitrogen and oxygen atoms in total. The lowest BCUT2D eigenvalue weighted by Gasteiger charge is -2.16. The van der Waals surface area contributed by atoms with E-state index in [2.05, 4.69) is 13.2 Å². The van der Waals surface area contributed by atoms with Gasteiger partial charge in [-0.25, -0.2) is 9.59 Å². The Labute approximate surface area is 102 Å². The van der Waals surface area contributed by atoms with E-state index < -0.39 is 18.0 Å². The second-order valence-corrected chi connectivity index (χ2v) is 3.78. The van der Waals surface area contributed by atoms with Gasteiger partial charge in [0.25, 0.3) is 0 Å². The molecule has 0 aliphatic rings. The SMILES string of the molecule is C=CC(=O)OC(CCCC)COC(=O)C(=C)C. The summed E-state index contributed by atoms with van der Waals surface area (Å²) in [5.41, 5.74) is 0.328. The Bertz CT molecular complexity index is 294. The first-order chi connectivity index (χ1) is 8.01. The summed E-state index contributed by atoms with van der Waals surface area (Å²) >= 11 is 0. The monoisotopic (exact) mass is 240 g/mol. The molecule has 0 amide bonds. The van der Waals surface area contributed by atoms with Crippen LogP contribution in [0.4, 0.5) is 0 Å². The largest absolute Gasteiger partial charge is 0.458 e. The number of unbranched alkanes of at least 4 members (excludes halogenated alkanes) is 1. The molecular weight excluding hydrogens is 220 g/mol. The van der Waals surface area contributed by atoms with E-state index in [1.54, 1.807) is 6.92 Å². The first-order valence-corrected chi connectivity index (χ1v) is 5.66. The van der Waals surface area contributed by atoms with Crippen LogP contribution in [0.15, 0.2) is 24.8 Å². The van der Waals surface area contributed by atoms with Gasteiger partial charge in [-0.2, -0.15) is 0 Å². The van der Waals surface area contributed by atoms with Crippen molar-refractivity contribution in [3.8, 4) is 0 Å². The predicted octanol–water partition coefficient (Wildman–Crippen LogP) is 2.39. The molecule has 0 aromatic rings. The molecule has 0 N–H and O–H groups in total. The van der Waals surface area contributed by atoms with Crippen LogP contribution in [0.1, 0.15) is 33.1 Å². The van der Waals surface area contributed by atoms with Gasteiger partial charge in [0, 0.05) is 11.6 Å². The summed E-state index contributed by atoms with van der Waals surface area (Å²) in [6, 6.07) is 0. The average Bonchev–Trinajstić information content (AvgIpc) is 2.31. The number of hydrogen-bond acceptors (Lipinski definition) is 4. The van der Waals surface area contributed by atoms with Crippen LogP contribution in [0.2, 0.25) is 0 Å². The lowest BCUT2D eigenvalue weighted by atomic mass is 10.2. The highest BCUT2D eigenvalue weighted by atomic mass is 16.6. The Kier molecular flexibility index (Phi) is 7.76. The van der Waals surface area contributed by atoms with Crippen LogP contribution in [-0.4, -0.2) is 24.6 Å². The predicted molar refractivity (Wildman–Crippen MR) is 65.4 cm³/mol. The van der Waals surface area contributed by atoms with Gasteiger partial charge in [0.05, 0.1) is 0 Å². The Balaban J connectivity index is 4.17. The molecule has 96 valence electrons. The van der Waals surface area contributed by atoms with Gasteiger partial charge in [-0.05, 0) is 19.8 Å². The number of carbonyl (C=O) groups excluding carboxylic acids is 2. The van der Waals surface area contributed by atoms with Crippen LogP contribution in [0.3, 0.4) is 0 Å². The maximum Gasteiger partial charge on any atom is 0.333 e. The Morgan fingerprint density at radius 3 is 2.53 bits per heavy atom. The Morgan fingerprint density at radius 1 is 1.41 bits per heavy atom. The second-order valence-electron chi connectivity index (χ2n) is 3.78. The van der Waals surface area contributed by atoms with Gasteiger partial charge in [0.2, 0.25) is 0 Å². The minimum Gasteiger partial charge on any atom is -0.458 e. The van der Waals surface area contributed by atoms with Crippen molar-refractivity contribution in [1.82, 2.24) is 0 Å². The highest BCUT2D eigenvalue weighted by molar-refractivity contribution is 5.87. The van der Waals surface area contributed by atoms with Crippen molar-refractivity contribution in [3.63, 3.8) is 0 Å². The van der Waals surface area contributed by atoms with Crippen molar-refractivity contribution in [1.29, 1.82) is 0 Å². The minimum absolute atomic E-state index is 0.0608. The number of esters is 2. The summed E-state index contributed by atoms with van der Waals surface area (Å²) in [5, 5.41) is 0. The molecule has 0 heterocycles. The van der Waals surface area contributed by atoms with Crippen LogP contribution in [0.25, 0.3) is 0 Å². The topological polar surface area (TPSA) is 52.6 Å². The third-order valence-electron chi connectivity index (χ3n) is 2.08. The molecule has 0 bridgehead atoms. The molecule has 1 unspecified atom stereocenters. The third-order valence-corrected chi connectivity index (χ3v) is 2.08. The van der Waals surface area contributed by atoms with E-state index in [9.17, 15) is 9.59 Å².